The van der Waals surface area contributed by atoms with Gasteiger partial charge in [0.15, 0.2) is 0 Å². The molecule has 0 spiro atoms. The van der Waals surface area contributed by atoms with E-state index in [4.69, 9.17) is 9.97 Å². The molecule has 2 aromatic carbocycles. The van der Waals surface area contributed by atoms with Gasteiger partial charge in [0.2, 0.25) is 5.95 Å². The summed E-state index contributed by atoms with van der Waals surface area (Å²) in [5.41, 5.74) is 6.39. The fourth-order valence-corrected chi connectivity index (χ4v) is 5.13. The minimum absolute atomic E-state index is 0.832. The first-order chi connectivity index (χ1) is 16.6. The average molecular weight is 457 g/mol. The predicted molar refractivity (Wildman–Crippen MR) is 143 cm³/mol. The van der Waals surface area contributed by atoms with Crippen molar-refractivity contribution < 1.29 is 0 Å². The van der Waals surface area contributed by atoms with Gasteiger partial charge in [0, 0.05) is 56.7 Å². The van der Waals surface area contributed by atoms with E-state index >= 15 is 0 Å². The molecule has 0 radical (unpaired) electrons. The second-order valence-electron chi connectivity index (χ2n) is 9.66. The molecule has 0 atom stereocenters. The van der Waals surface area contributed by atoms with Gasteiger partial charge >= 0.3 is 0 Å². The number of anilines is 5. The van der Waals surface area contributed by atoms with Crippen LogP contribution >= 0.6 is 0 Å². The van der Waals surface area contributed by atoms with Gasteiger partial charge in [0.25, 0.3) is 0 Å². The number of hydrogen-bond donors (Lipinski definition) is 1. The first-order valence-corrected chi connectivity index (χ1v) is 12.6. The molecule has 1 N–H and O–H groups in total. The lowest BCUT2D eigenvalue weighted by molar-refractivity contribution is 0.572. The van der Waals surface area contributed by atoms with Crippen LogP contribution in [0.25, 0.3) is 0 Å². The fraction of sp³-hybridized carbons (Fsp3) is 0.429. The zero-order valence-electron chi connectivity index (χ0n) is 20.7. The zero-order valence-corrected chi connectivity index (χ0v) is 20.7. The number of piperazine rings is 1. The van der Waals surface area contributed by atoms with Crippen molar-refractivity contribution in [1.82, 2.24) is 9.97 Å². The first-order valence-electron chi connectivity index (χ1n) is 12.6. The Morgan fingerprint density at radius 2 is 1.32 bits per heavy atom. The number of aromatic nitrogens is 2. The van der Waals surface area contributed by atoms with E-state index in [-0.39, 0.29) is 0 Å². The van der Waals surface area contributed by atoms with Crippen LogP contribution in [0.15, 0.2) is 48.5 Å². The Morgan fingerprint density at radius 1 is 0.676 bits per heavy atom. The van der Waals surface area contributed by atoms with Gasteiger partial charge < -0.3 is 20.0 Å². The molecule has 0 saturated carbocycles. The number of piperidine rings is 1. The van der Waals surface area contributed by atoms with Gasteiger partial charge in [-0.2, -0.15) is 9.97 Å². The molecule has 2 saturated heterocycles. The number of hydrogen-bond acceptors (Lipinski definition) is 6. The monoisotopic (exact) mass is 456 g/mol. The Kier molecular flexibility index (Phi) is 6.57. The van der Waals surface area contributed by atoms with E-state index in [2.05, 4.69) is 89.3 Å². The molecule has 6 heteroatoms. The van der Waals surface area contributed by atoms with Gasteiger partial charge in [-0.3, -0.25) is 0 Å². The molecule has 5 rings (SSSR count). The maximum atomic E-state index is 5.05. The maximum Gasteiger partial charge on any atom is 0.229 e. The van der Waals surface area contributed by atoms with Crippen LogP contribution < -0.4 is 20.0 Å². The van der Waals surface area contributed by atoms with Crippen LogP contribution in [0, 0.1) is 20.8 Å². The number of para-hydroxylation sites is 1. The summed E-state index contributed by atoms with van der Waals surface area (Å²) in [7, 11) is 0. The maximum absolute atomic E-state index is 5.05. The zero-order chi connectivity index (χ0) is 23.5. The summed E-state index contributed by atoms with van der Waals surface area (Å²) in [5.74, 6) is 2.74. The van der Waals surface area contributed by atoms with Crippen molar-refractivity contribution in [2.75, 3.05) is 59.3 Å². The minimum Gasteiger partial charge on any atom is -0.368 e. The molecular weight excluding hydrogens is 420 g/mol. The van der Waals surface area contributed by atoms with E-state index in [0.717, 1.165) is 62.5 Å². The highest BCUT2D eigenvalue weighted by molar-refractivity contribution is 5.63. The molecule has 0 bridgehead atoms. The molecule has 178 valence electrons. The molecule has 0 aliphatic carbocycles. The Balaban J connectivity index is 1.38. The molecule has 2 fully saturated rings. The number of nitrogens with one attached hydrogen (secondary N) is 1. The third kappa shape index (κ3) is 4.96. The van der Waals surface area contributed by atoms with Crippen LogP contribution in [0.5, 0.6) is 0 Å². The van der Waals surface area contributed by atoms with Gasteiger partial charge in [0.05, 0.1) is 0 Å². The molecule has 3 aromatic rings. The van der Waals surface area contributed by atoms with E-state index in [9.17, 15) is 0 Å². The summed E-state index contributed by atoms with van der Waals surface area (Å²) in [6.45, 7) is 12.5. The lowest BCUT2D eigenvalue weighted by atomic mass is 10.1. The van der Waals surface area contributed by atoms with Crippen molar-refractivity contribution in [2.24, 2.45) is 0 Å². The van der Waals surface area contributed by atoms with Gasteiger partial charge in [-0.15, -0.1) is 0 Å². The number of nitrogens with zero attached hydrogens (tertiary/aromatic N) is 5. The summed E-state index contributed by atoms with van der Waals surface area (Å²) in [6, 6.07) is 17.2. The summed E-state index contributed by atoms with van der Waals surface area (Å²) in [4.78, 5) is 17.3. The fourth-order valence-electron chi connectivity index (χ4n) is 5.13. The SMILES string of the molecule is Cc1ccc(Nc2cc(N3CCCCC3)nc(N3CCN(c4c(C)cccc4C)CC3)n2)cc1. The first kappa shape index (κ1) is 22.5. The van der Waals surface area contributed by atoms with Crippen molar-refractivity contribution in [2.45, 2.75) is 40.0 Å². The van der Waals surface area contributed by atoms with Crippen molar-refractivity contribution in [3.63, 3.8) is 0 Å². The van der Waals surface area contributed by atoms with Crippen LogP contribution in [0.3, 0.4) is 0 Å². The van der Waals surface area contributed by atoms with Crippen LogP contribution in [0.2, 0.25) is 0 Å². The largest absolute Gasteiger partial charge is 0.368 e. The lowest BCUT2D eigenvalue weighted by Gasteiger charge is -2.38. The second-order valence-corrected chi connectivity index (χ2v) is 9.66. The van der Waals surface area contributed by atoms with Crippen LogP contribution in [-0.4, -0.2) is 49.2 Å². The standard InChI is InChI=1S/C28H36N6/c1-21-10-12-24(13-11-21)29-25-20-26(32-14-5-4-6-15-32)31-28(30-25)34-18-16-33(17-19-34)27-22(2)8-7-9-23(27)3/h7-13,20H,4-6,14-19H2,1-3H3,(H,29,30,31). The van der Waals surface area contributed by atoms with E-state index in [1.165, 1.54) is 41.6 Å². The molecule has 2 aliphatic heterocycles. The Labute approximate surface area is 203 Å². The second kappa shape index (κ2) is 9.92. The summed E-state index contributed by atoms with van der Waals surface area (Å²) < 4.78 is 0. The van der Waals surface area contributed by atoms with Crippen molar-refractivity contribution >= 4 is 29.0 Å². The quantitative estimate of drug-likeness (QED) is 0.550. The lowest BCUT2D eigenvalue weighted by Crippen LogP contribution is -2.47. The highest BCUT2D eigenvalue weighted by Gasteiger charge is 2.23. The summed E-state index contributed by atoms with van der Waals surface area (Å²) in [5, 5.41) is 3.52. The highest BCUT2D eigenvalue weighted by Crippen LogP contribution is 2.29. The highest BCUT2D eigenvalue weighted by atomic mass is 15.3. The average Bonchev–Trinajstić information content (AvgIpc) is 2.86. The normalized spacial score (nSPS) is 16.6. The number of benzene rings is 2. The predicted octanol–water partition coefficient (Wildman–Crippen LogP) is 5.46. The van der Waals surface area contributed by atoms with E-state index < -0.39 is 0 Å². The number of rotatable bonds is 5. The third-order valence-electron chi connectivity index (χ3n) is 7.02. The molecule has 1 aromatic heterocycles. The molecule has 0 amide bonds. The van der Waals surface area contributed by atoms with Gasteiger partial charge in [0.1, 0.15) is 11.6 Å². The van der Waals surface area contributed by atoms with Crippen molar-refractivity contribution in [1.29, 1.82) is 0 Å². The van der Waals surface area contributed by atoms with E-state index in [1.54, 1.807) is 0 Å². The van der Waals surface area contributed by atoms with Crippen LogP contribution in [-0.2, 0) is 0 Å². The molecule has 6 nitrogen and oxygen atoms in total. The molecule has 34 heavy (non-hydrogen) atoms. The Bertz CT molecular complexity index is 1090. The molecule has 2 aliphatic rings. The van der Waals surface area contributed by atoms with Crippen molar-refractivity contribution in [3.05, 3.63) is 65.2 Å². The topological polar surface area (TPSA) is 47.5 Å². The van der Waals surface area contributed by atoms with Crippen molar-refractivity contribution in [3.8, 4) is 0 Å². The summed E-state index contributed by atoms with van der Waals surface area (Å²) in [6.07, 6.45) is 3.77. The molecular formula is C28H36N6. The molecule has 0 unspecified atom stereocenters. The smallest absolute Gasteiger partial charge is 0.229 e. The van der Waals surface area contributed by atoms with Gasteiger partial charge in [-0.05, 0) is 63.3 Å². The third-order valence-corrected chi connectivity index (χ3v) is 7.02. The van der Waals surface area contributed by atoms with Gasteiger partial charge in [-0.1, -0.05) is 35.9 Å². The van der Waals surface area contributed by atoms with Crippen LogP contribution in [0.4, 0.5) is 29.0 Å². The van der Waals surface area contributed by atoms with E-state index in [1.807, 2.05) is 0 Å². The Hall–Kier alpha value is -3.28. The van der Waals surface area contributed by atoms with Crippen LogP contribution in [0.1, 0.15) is 36.0 Å². The summed E-state index contributed by atoms with van der Waals surface area (Å²) >= 11 is 0. The van der Waals surface area contributed by atoms with Gasteiger partial charge in [-0.25, -0.2) is 0 Å². The minimum atomic E-state index is 0.832. The number of aryl methyl sites for hydroxylation is 3. The van der Waals surface area contributed by atoms with E-state index in [0.29, 0.717) is 0 Å². The Morgan fingerprint density at radius 3 is 2.00 bits per heavy atom. The molecule has 3 heterocycles.